The molecular formula is C26H39N14O17P3. The predicted octanol–water partition coefficient (Wildman–Crippen LogP) is -4.93. The number of aromatic nitrogens is 9. The average Bonchev–Trinajstić information content (AvgIpc) is 3.94. The van der Waals surface area contributed by atoms with Crippen LogP contribution in [0.3, 0.4) is 0 Å². The lowest BCUT2D eigenvalue weighted by Gasteiger charge is -2.29. The number of hydrogen-bond acceptors (Lipinski definition) is 23. The number of nitrogen functional groups attached to an aromatic ring is 2. The molecule has 0 aromatic carbocycles. The number of aromatic amines is 2. The quantitative estimate of drug-likeness (QED) is 0.0416. The molecule has 4 aromatic heterocycles. The molecule has 0 saturated carbocycles. The van der Waals surface area contributed by atoms with Gasteiger partial charge in [-0.05, 0) is 0 Å². The van der Waals surface area contributed by atoms with Crippen LogP contribution in [0, 0.1) is 0 Å². The standard InChI is InChI=1S/C26H39N14O17P3/c1-3-39(19-13(29-2)21(45)34-25(27)32-19)23-17(43)16(42)11(55-23)8-54-60(51,52)57-58(47,48)12-6-38(37-36-12)5-4-31-59(49,50)53-7-10-15(41)18(44)24(56-10)40-9-30-14-20(40)33-26(28)35-22(14)46/h3,6,9-11,15-18,23-24,29,41-44H,1,4-5,7-8H2,2H3,(H,47,48)(H,51,52)(H2,31,49,50)(H3,27,32,34,45)(H3,28,33,35,46)/t10-,11-,15?,16?,17?,18?,23-,24-/m1/s1. The van der Waals surface area contributed by atoms with Crippen molar-refractivity contribution in [2.24, 2.45) is 0 Å². The zero-order chi connectivity index (χ0) is 43.9. The molecule has 4 aromatic rings. The summed E-state index contributed by atoms with van der Waals surface area (Å²) in [4.78, 5) is 72.9. The van der Waals surface area contributed by atoms with E-state index in [1.807, 2.05) is 0 Å². The molecule has 2 aliphatic heterocycles. The van der Waals surface area contributed by atoms with Crippen molar-refractivity contribution in [3.8, 4) is 0 Å². The van der Waals surface area contributed by atoms with Crippen LogP contribution in [0.5, 0.6) is 0 Å². The lowest BCUT2D eigenvalue weighted by Crippen LogP contribution is -2.42. The van der Waals surface area contributed by atoms with Crippen molar-refractivity contribution >= 4 is 63.2 Å². The van der Waals surface area contributed by atoms with Crippen LogP contribution in [0.2, 0.25) is 0 Å². The number of H-pyrrole nitrogens is 2. The highest BCUT2D eigenvalue weighted by atomic mass is 31.3. The molecule has 0 aliphatic carbocycles. The number of anilines is 4. The van der Waals surface area contributed by atoms with Gasteiger partial charge in [0.05, 0.1) is 32.3 Å². The summed E-state index contributed by atoms with van der Waals surface area (Å²) in [7, 11) is -14.0. The van der Waals surface area contributed by atoms with Gasteiger partial charge in [-0.3, -0.25) is 42.4 Å². The monoisotopic (exact) mass is 912 g/mol. The first-order chi connectivity index (χ1) is 28.1. The molecule has 60 heavy (non-hydrogen) atoms. The van der Waals surface area contributed by atoms with E-state index in [2.05, 4.69) is 56.5 Å². The predicted molar refractivity (Wildman–Crippen MR) is 201 cm³/mol. The number of hydrogen-bond donors (Lipinski definition) is 13. The summed E-state index contributed by atoms with van der Waals surface area (Å²) in [5.74, 6) is -0.720. The van der Waals surface area contributed by atoms with Crippen molar-refractivity contribution in [1.82, 2.24) is 49.6 Å². The normalized spacial score (nSPS) is 27.3. The van der Waals surface area contributed by atoms with Gasteiger partial charge in [-0.25, -0.2) is 23.5 Å². The Morgan fingerprint density at radius 3 is 2.32 bits per heavy atom. The number of nitrogens with two attached hydrogens (primary N) is 2. The number of nitrogens with zero attached hydrogens (tertiary/aromatic N) is 8. The number of ether oxygens (including phenoxy) is 2. The van der Waals surface area contributed by atoms with Crippen LogP contribution < -0.4 is 43.3 Å². The molecule has 0 radical (unpaired) electrons. The maximum Gasteiger partial charge on any atom is 0.479 e. The largest absolute Gasteiger partial charge is 0.479 e. The second-order valence-electron chi connectivity index (χ2n) is 12.8. The van der Waals surface area contributed by atoms with Gasteiger partial charge < -0.3 is 66.3 Å². The molecule has 15 N–H and O–H groups in total. The van der Waals surface area contributed by atoms with Crippen LogP contribution >= 0.6 is 23.2 Å². The van der Waals surface area contributed by atoms with E-state index in [4.69, 9.17) is 30.0 Å². The molecule has 34 heteroatoms. The van der Waals surface area contributed by atoms with E-state index < -0.39 is 109 Å². The number of imidazole rings is 1. The van der Waals surface area contributed by atoms with E-state index in [9.17, 15) is 58.4 Å². The Morgan fingerprint density at radius 1 is 0.967 bits per heavy atom. The third kappa shape index (κ3) is 9.51. The summed E-state index contributed by atoms with van der Waals surface area (Å²) in [6.07, 6.45) is -9.49. The summed E-state index contributed by atoms with van der Waals surface area (Å²) in [5, 5.41) is 54.2. The minimum Gasteiger partial charge on any atom is -0.387 e. The summed E-state index contributed by atoms with van der Waals surface area (Å²) in [6, 6.07) is 0. The zero-order valence-electron chi connectivity index (χ0n) is 30.7. The molecule has 11 atom stereocenters. The smallest absolute Gasteiger partial charge is 0.387 e. The second kappa shape index (κ2) is 17.5. The van der Waals surface area contributed by atoms with Gasteiger partial charge in [0.2, 0.25) is 11.9 Å². The van der Waals surface area contributed by atoms with Crippen LogP contribution in [0.4, 0.5) is 23.4 Å². The Kier molecular flexibility index (Phi) is 13.1. The summed E-state index contributed by atoms with van der Waals surface area (Å²) < 4.78 is 65.8. The zero-order valence-corrected chi connectivity index (χ0v) is 33.4. The number of aliphatic hydroxyl groups excluding tert-OH is 4. The fraction of sp³-hybridized carbons (Fsp3) is 0.500. The summed E-state index contributed by atoms with van der Waals surface area (Å²) in [5.41, 5.74) is 8.72. The van der Waals surface area contributed by atoms with Crippen molar-refractivity contribution in [1.29, 1.82) is 0 Å². The Balaban J connectivity index is 0.984. The lowest BCUT2D eigenvalue weighted by molar-refractivity contribution is -0.0487. The second-order valence-corrected chi connectivity index (χ2v) is 17.8. The molecule has 0 spiro atoms. The van der Waals surface area contributed by atoms with Gasteiger partial charge in [-0.2, -0.15) is 9.97 Å². The van der Waals surface area contributed by atoms with E-state index >= 15 is 0 Å². The van der Waals surface area contributed by atoms with Crippen molar-refractivity contribution in [2.45, 2.75) is 55.6 Å². The minimum absolute atomic E-state index is 0.0654. The average molecular weight is 913 g/mol. The van der Waals surface area contributed by atoms with E-state index in [1.54, 1.807) is 0 Å². The lowest BCUT2D eigenvalue weighted by atomic mass is 10.1. The van der Waals surface area contributed by atoms with Crippen LogP contribution in [0.25, 0.3) is 11.2 Å². The van der Waals surface area contributed by atoms with Gasteiger partial charge in [0.1, 0.15) is 42.3 Å². The maximum absolute atomic E-state index is 12.9. The van der Waals surface area contributed by atoms with E-state index in [0.717, 1.165) is 32.9 Å². The SMILES string of the molecule is C=CN(c1nc(N)[nH]c(=O)c1NC)[C@@H]1O[C@H](COP(=O)(O)OP(=O)(O)c2cn(CCNP(=O)(O)OC[C@H]3O[C@@H](n4cnc5c(=O)[nH]c(N)nc54)C(O)C3O)nn2)C(O)C1O. The molecule has 2 aliphatic rings. The van der Waals surface area contributed by atoms with Crippen LogP contribution in [0.1, 0.15) is 6.23 Å². The molecule has 6 heterocycles. The third-order valence-corrected chi connectivity index (χ3v) is 12.9. The molecule has 0 bridgehead atoms. The molecule has 31 nitrogen and oxygen atoms in total. The van der Waals surface area contributed by atoms with E-state index in [0.29, 0.717) is 0 Å². The number of nitrogens with one attached hydrogen (secondary N) is 4. The van der Waals surface area contributed by atoms with Gasteiger partial charge in [0, 0.05) is 19.8 Å². The first-order valence-corrected chi connectivity index (χ1v) is 21.7. The van der Waals surface area contributed by atoms with Gasteiger partial charge in [-0.15, -0.1) is 5.10 Å². The highest BCUT2D eigenvalue weighted by Crippen LogP contribution is 2.59. The summed E-state index contributed by atoms with van der Waals surface area (Å²) in [6.45, 7) is 1.18. The van der Waals surface area contributed by atoms with Crippen LogP contribution in [-0.4, -0.2) is 149 Å². The Hall–Kier alpha value is -4.52. The fourth-order valence-electron chi connectivity index (χ4n) is 5.95. The molecule has 2 fully saturated rings. The molecular weight excluding hydrogens is 873 g/mol. The highest BCUT2D eigenvalue weighted by Gasteiger charge is 2.48. The van der Waals surface area contributed by atoms with Gasteiger partial charge in [-0.1, -0.05) is 11.8 Å². The van der Waals surface area contributed by atoms with Gasteiger partial charge in [0.15, 0.2) is 34.9 Å². The molecule has 7 unspecified atom stereocenters. The third-order valence-electron chi connectivity index (χ3n) is 8.78. The van der Waals surface area contributed by atoms with Crippen molar-refractivity contribution < 1.29 is 71.6 Å². The Morgan fingerprint density at radius 2 is 1.62 bits per heavy atom. The Bertz CT molecular complexity index is 2480. The first-order valence-electron chi connectivity index (χ1n) is 17.0. The topological polar surface area (TPSA) is 458 Å². The Labute approximate surface area is 334 Å². The molecule has 2 saturated heterocycles. The minimum atomic E-state index is -5.46. The van der Waals surface area contributed by atoms with Crippen molar-refractivity contribution in [2.75, 3.05) is 48.5 Å². The van der Waals surface area contributed by atoms with Crippen LogP contribution in [-0.2, 0) is 43.1 Å². The van der Waals surface area contributed by atoms with E-state index in [-0.39, 0.29) is 41.1 Å². The number of fused-ring (bicyclic) bond motifs is 1. The van der Waals surface area contributed by atoms with Gasteiger partial charge >= 0.3 is 23.2 Å². The first kappa shape index (κ1) is 45.0. The van der Waals surface area contributed by atoms with Gasteiger partial charge in [0.25, 0.3) is 11.1 Å². The van der Waals surface area contributed by atoms with Crippen molar-refractivity contribution in [3.05, 3.63) is 46.0 Å². The molecule has 6 rings (SSSR count). The van der Waals surface area contributed by atoms with E-state index in [1.165, 1.54) is 7.05 Å². The molecule has 0 amide bonds. The molecule has 330 valence electrons. The van der Waals surface area contributed by atoms with Crippen molar-refractivity contribution in [3.63, 3.8) is 0 Å². The van der Waals surface area contributed by atoms with Crippen LogP contribution in [0.15, 0.2) is 34.9 Å². The number of phosphoric acid groups is 1. The summed E-state index contributed by atoms with van der Waals surface area (Å²) >= 11 is 0. The fourth-order valence-corrected chi connectivity index (χ4v) is 9.18. The number of aliphatic hydroxyl groups is 4. The maximum atomic E-state index is 12.9. The highest BCUT2D eigenvalue weighted by molar-refractivity contribution is 7.69. The number of rotatable bonds is 18. The number of phosphoric ester groups is 1.